The molecule has 1 rings (SSSR count). The molecule has 1 aromatic rings. The molecule has 142 valence electrons. The number of nitrogens with zero attached hydrogens (tertiary/aromatic N) is 1. The number of hydrogen-bond donors (Lipinski definition) is 2. The molecule has 0 aliphatic carbocycles. The van der Waals surface area contributed by atoms with Crippen molar-refractivity contribution in [2.24, 2.45) is 0 Å². The zero-order chi connectivity index (χ0) is 19.4. The van der Waals surface area contributed by atoms with E-state index < -0.39 is 33.7 Å². The predicted molar refractivity (Wildman–Crippen MR) is 86.3 cm³/mol. The first-order valence-electron chi connectivity index (χ1n) is 7.37. The molecule has 0 aliphatic rings. The van der Waals surface area contributed by atoms with Crippen molar-refractivity contribution >= 4 is 22.1 Å². The zero-order valence-corrected chi connectivity index (χ0v) is 15.8. The average Bonchev–Trinajstić information content (AvgIpc) is 2.80. The van der Waals surface area contributed by atoms with E-state index in [-0.39, 0.29) is 22.9 Å². The normalized spacial score (nSPS) is 13.2. The van der Waals surface area contributed by atoms with Gasteiger partial charge < -0.3 is 19.3 Å². The molecular formula is C14H23N3O7S. The molecule has 0 saturated heterocycles. The zero-order valence-electron chi connectivity index (χ0n) is 15.0. The van der Waals surface area contributed by atoms with E-state index in [1.807, 2.05) is 0 Å². The van der Waals surface area contributed by atoms with Gasteiger partial charge in [0.05, 0.1) is 7.11 Å². The van der Waals surface area contributed by atoms with Crippen LogP contribution in [0.25, 0.3) is 0 Å². The molecule has 0 aliphatic heterocycles. The van der Waals surface area contributed by atoms with Crippen molar-refractivity contribution < 1.29 is 32.0 Å². The van der Waals surface area contributed by atoms with Gasteiger partial charge in [0.2, 0.25) is 10.0 Å². The number of alkyl carbamates (subject to hydrolysis) is 1. The van der Waals surface area contributed by atoms with Crippen LogP contribution in [0, 0.1) is 13.8 Å². The largest absolute Gasteiger partial charge is 0.468 e. The Bertz CT molecular complexity index is 715. The minimum atomic E-state index is -4.11. The molecule has 0 fully saturated rings. The molecule has 11 heteroatoms. The second-order valence-corrected chi connectivity index (χ2v) is 7.88. The summed E-state index contributed by atoms with van der Waals surface area (Å²) >= 11 is 0. The van der Waals surface area contributed by atoms with Gasteiger partial charge in [0.25, 0.3) is 0 Å². The molecule has 1 heterocycles. The smallest absolute Gasteiger partial charge is 0.407 e. The maximum absolute atomic E-state index is 12.5. The first kappa shape index (κ1) is 20.9. The summed E-state index contributed by atoms with van der Waals surface area (Å²) in [5.74, 6) is -0.792. The van der Waals surface area contributed by atoms with Crippen molar-refractivity contribution in [2.75, 3.05) is 13.7 Å². The third kappa shape index (κ3) is 6.02. The molecule has 1 atom stereocenters. The van der Waals surface area contributed by atoms with Gasteiger partial charge in [-0.1, -0.05) is 5.16 Å². The molecule has 10 nitrogen and oxygen atoms in total. The molecule has 2 N–H and O–H groups in total. The Morgan fingerprint density at radius 2 is 1.88 bits per heavy atom. The number of methoxy groups -OCH3 is 1. The number of ether oxygens (including phenoxy) is 2. The van der Waals surface area contributed by atoms with E-state index in [1.165, 1.54) is 13.8 Å². The van der Waals surface area contributed by atoms with Crippen LogP contribution in [0.4, 0.5) is 4.79 Å². The monoisotopic (exact) mass is 377 g/mol. The van der Waals surface area contributed by atoms with E-state index in [0.717, 1.165) is 7.11 Å². The lowest BCUT2D eigenvalue weighted by Gasteiger charge is -2.21. The summed E-state index contributed by atoms with van der Waals surface area (Å²) in [5.41, 5.74) is -0.588. The highest BCUT2D eigenvalue weighted by Gasteiger charge is 2.31. The molecule has 25 heavy (non-hydrogen) atoms. The number of nitrogens with one attached hydrogen (secondary N) is 2. The lowest BCUT2D eigenvalue weighted by Crippen LogP contribution is -2.49. The fourth-order valence-corrected chi connectivity index (χ4v) is 3.43. The lowest BCUT2D eigenvalue weighted by atomic mass is 10.2. The Labute approximate surface area is 146 Å². The predicted octanol–water partition coefficient (Wildman–Crippen LogP) is 0.636. The van der Waals surface area contributed by atoms with Crippen molar-refractivity contribution in [3.63, 3.8) is 0 Å². The Kier molecular flexibility index (Phi) is 6.54. The van der Waals surface area contributed by atoms with Gasteiger partial charge in [0, 0.05) is 6.54 Å². The van der Waals surface area contributed by atoms with E-state index in [1.54, 1.807) is 20.8 Å². The highest BCUT2D eigenvalue weighted by Crippen LogP contribution is 2.19. The van der Waals surface area contributed by atoms with Crippen LogP contribution in [0.5, 0.6) is 0 Å². The fraction of sp³-hybridized carbons (Fsp3) is 0.643. The van der Waals surface area contributed by atoms with Gasteiger partial charge in [0.15, 0.2) is 5.76 Å². The number of amides is 1. The summed E-state index contributed by atoms with van der Waals surface area (Å²) < 4.78 is 41.6. The summed E-state index contributed by atoms with van der Waals surface area (Å²) in [4.78, 5) is 23.4. The van der Waals surface area contributed by atoms with Crippen molar-refractivity contribution in [2.45, 2.75) is 51.2 Å². The lowest BCUT2D eigenvalue weighted by molar-refractivity contribution is -0.142. The van der Waals surface area contributed by atoms with Crippen LogP contribution in [0.2, 0.25) is 0 Å². The van der Waals surface area contributed by atoms with Crippen molar-refractivity contribution in [1.82, 2.24) is 15.2 Å². The van der Waals surface area contributed by atoms with Crippen LogP contribution in [-0.4, -0.2) is 50.9 Å². The maximum atomic E-state index is 12.5. The minimum absolute atomic E-state index is 0.0775. The Hall–Kier alpha value is -2.14. The van der Waals surface area contributed by atoms with Crippen LogP contribution < -0.4 is 10.0 Å². The highest BCUT2D eigenvalue weighted by atomic mass is 32.2. The third-order valence-corrected chi connectivity index (χ3v) is 4.58. The average molecular weight is 377 g/mol. The van der Waals surface area contributed by atoms with E-state index in [9.17, 15) is 18.0 Å². The second-order valence-electron chi connectivity index (χ2n) is 6.23. The summed E-state index contributed by atoms with van der Waals surface area (Å²) in [6.45, 7) is 7.54. The number of aromatic nitrogens is 1. The third-order valence-electron chi connectivity index (χ3n) is 2.87. The summed E-state index contributed by atoms with van der Waals surface area (Å²) in [6, 6.07) is -1.35. The quantitative estimate of drug-likeness (QED) is 0.689. The first-order chi connectivity index (χ1) is 11.4. The fourth-order valence-electron chi connectivity index (χ4n) is 1.92. The molecule has 1 amide bonds. The van der Waals surface area contributed by atoms with Crippen LogP contribution >= 0.6 is 0 Å². The Balaban J connectivity index is 2.90. The summed E-state index contributed by atoms with van der Waals surface area (Å²) in [7, 11) is -3.01. The summed E-state index contributed by atoms with van der Waals surface area (Å²) in [6.07, 6.45) is -0.794. The van der Waals surface area contributed by atoms with Gasteiger partial charge >= 0.3 is 12.1 Å². The Morgan fingerprint density at radius 3 is 2.32 bits per heavy atom. The standard InChI is InChI=1S/C14H23N3O7S/c1-8-11(9(2)24-16-8)25(20,21)17-10(12(18)22-6)7-15-13(19)23-14(3,4)5/h10,17H,7H2,1-6H3,(H,15,19)/t10-/m1/s1. The molecule has 0 spiro atoms. The SMILES string of the molecule is COC(=O)[C@@H](CNC(=O)OC(C)(C)C)NS(=O)(=O)c1c(C)noc1C. The molecule has 1 aromatic heterocycles. The highest BCUT2D eigenvalue weighted by molar-refractivity contribution is 7.89. The van der Waals surface area contributed by atoms with Gasteiger partial charge in [0.1, 0.15) is 22.2 Å². The van der Waals surface area contributed by atoms with Crippen molar-refractivity contribution in [3.05, 3.63) is 11.5 Å². The van der Waals surface area contributed by atoms with E-state index in [2.05, 4.69) is 19.9 Å². The number of aryl methyl sites for hydroxylation is 2. The van der Waals surface area contributed by atoms with Crippen molar-refractivity contribution in [1.29, 1.82) is 0 Å². The number of hydrogen-bond acceptors (Lipinski definition) is 8. The van der Waals surface area contributed by atoms with Gasteiger partial charge in [-0.3, -0.25) is 4.79 Å². The summed E-state index contributed by atoms with van der Waals surface area (Å²) in [5, 5.41) is 5.89. The van der Waals surface area contributed by atoms with E-state index >= 15 is 0 Å². The van der Waals surface area contributed by atoms with E-state index in [0.29, 0.717) is 0 Å². The number of carbonyl (C=O) groups excluding carboxylic acids is 2. The molecule has 0 bridgehead atoms. The number of esters is 1. The second kappa shape index (κ2) is 7.83. The van der Waals surface area contributed by atoms with Gasteiger partial charge in [-0.15, -0.1) is 0 Å². The maximum Gasteiger partial charge on any atom is 0.407 e. The molecule has 0 radical (unpaired) electrons. The minimum Gasteiger partial charge on any atom is -0.468 e. The van der Waals surface area contributed by atoms with Gasteiger partial charge in [-0.2, -0.15) is 4.72 Å². The number of sulfonamides is 1. The van der Waals surface area contributed by atoms with Crippen LogP contribution in [0.1, 0.15) is 32.2 Å². The molecule has 0 saturated carbocycles. The number of rotatable bonds is 6. The topological polar surface area (TPSA) is 137 Å². The molecule has 0 unspecified atom stereocenters. The molecule has 0 aromatic carbocycles. The van der Waals surface area contributed by atoms with E-state index in [4.69, 9.17) is 9.26 Å². The Morgan fingerprint density at radius 1 is 1.28 bits per heavy atom. The van der Waals surface area contributed by atoms with Crippen LogP contribution in [-0.2, 0) is 24.3 Å². The first-order valence-corrected chi connectivity index (χ1v) is 8.85. The molecular weight excluding hydrogens is 354 g/mol. The van der Waals surface area contributed by atoms with Crippen LogP contribution in [0.15, 0.2) is 9.42 Å². The van der Waals surface area contributed by atoms with Crippen LogP contribution in [0.3, 0.4) is 0 Å². The number of carbonyl (C=O) groups is 2. The van der Waals surface area contributed by atoms with Gasteiger partial charge in [-0.05, 0) is 34.6 Å². The van der Waals surface area contributed by atoms with Crippen molar-refractivity contribution in [3.8, 4) is 0 Å². The van der Waals surface area contributed by atoms with Gasteiger partial charge in [-0.25, -0.2) is 13.2 Å².